The average molecular weight is 353 g/mol. The average Bonchev–Trinajstić information content (AvgIpc) is 3.07. The van der Waals surface area contributed by atoms with Crippen LogP contribution in [0.15, 0.2) is 42.7 Å². The Morgan fingerprint density at radius 2 is 1.96 bits per heavy atom. The zero-order chi connectivity index (χ0) is 17.2. The monoisotopic (exact) mass is 353 g/mol. The van der Waals surface area contributed by atoms with Crippen molar-refractivity contribution in [3.05, 3.63) is 42.7 Å². The summed E-state index contributed by atoms with van der Waals surface area (Å²) >= 11 is 1.69. The molecular formula is C18H19N5OS. The third-order valence-corrected chi connectivity index (χ3v) is 5.60. The summed E-state index contributed by atoms with van der Waals surface area (Å²) in [5.41, 5.74) is 6.41. The molecule has 7 heteroatoms. The van der Waals surface area contributed by atoms with Crippen LogP contribution in [-0.2, 0) is 0 Å². The van der Waals surface area contributed by atoms with Crippen LogP contribution in [-0.4, -0.2) is 35.1 Å². The smallest absolute Gasteiger partial charge is 0.312 e. The molecule has 3 aromatic rings. The maximum atomic E-state index is 11.0. The Labute approximate surface area is 149 Å². The molecule has 6 nitrogen and oxygen atoms in total. The largest absolute Gasteiger partial charge is 0.356 e. The third kappa shape index (κ3) is 3.28. The molecule has 128 valence electrons. The van der Waals surface area contributed by atoms with Crippen LogP contribution in [0.1, 0.15) is 12.8 Å². The molecule has 0 aliphatic carbocycles. The van der Waals surface area contributed by atoms with E-state index in [-0.39, 0.29) is 6.04 Å². The highest BCUT2D eigenvalue weighted by Gasteiger charge is 2.23. The molecule has 3 N–H and O–H groups in total. The fraction of sp³-hybridized carbons (Fsp3) is 0.278. The fourth-order valence-corrected chi connectivity index (χ4v) is 4.28. The summed E-state index contributed by atoms with van der Waals surface area (Å²) in [6, 6.07) is 12.2. The van der Waals surface area contributed by atoms with E-state index in [4.69, 9.17) is 5.73 Å². The van der Waals surface area contributed by atoms with E-state index in [1.807, 2.05) is 18.2 Å². The van der Waals surface area contributed by atoms with Gasteiger partial charge in [-0.1, -0.05) is 30.3 Å². The van der Waals surface area contributed by atoms with E-state index in [1.165, 1.54) is 10.4 Å². The van der Waals surface area contributed by atoms with Gasteiger partial charge in [-0.2, -0.15) is 0 Å². The number of anilines is 1. The van der Waals surface area contributed by atoms with Gasteiger partial charge in [0, 0.05) is 24.0 Å². The lowest BCUT2D eigenvalue weighted by molar-refractivity contribution is 0.242. The third-order valence-electron chi connectivity index (χ3n) is 4.51. The second-order valence-electron chi connectivity index (χ2n) is 6.16. The lowest BCUT2D eigenvalue weighted by Crippen LogP contribution is -2.46. The Hall–Kier alpha value is -2.67. The van der Waals surface area contributed by atoms with Crippen molar-refractivity contribution in [3.63, 3.8) is 0 Å². The summed E-state index contributed by atoms with van der Waals surface area (Å²) in [6.07, 6.45) is 3.37. The first-order valence-corrected chi connectivity index (χ1v) is 9.13. The number of fused-ring (bicyclic) bond motifs is 1. The van der Waals surface area contributed by atoms with Crippen molar-refractivity contribution in [2.45, 2.75) is 18.9 Å². The lowest BCUT2D eigenvalue weighted by Gasteiger charge is -2.33. The molecule has 0 unspecified atom stereocenters. The topological polar surface area (TPSA) is 84.1 Å². The van der Waals surface area contributed by atoms with Crippen LogP contribution in [0.3, 0.4) is 0 Å². The molecule has 4 rings (SSSR count). The molecule has 2 amide bonds. The van der Waals surface area contributed by atoms with Crippen LogP contribution in [0.4, 0.5) is 10.6 Å². The SMILES string of the molecule is NC(=O)NC1CCN(c2ncnc3sc(-c4ccccc4)cc23)CC1. The molecule has 1 fully saturated rings. The molecule has 0 spiro atoms. The van der Waals surface area contributed by atoms with Crippen molar-refractivity contribution in [2.75, 3.05) is 18.0 Å². The standard InChI is InChI=1S/C18H19N5OS/c19-18(24)22-13-6-8-23(9-7-13)16-14-10-15(12-4-2-1-3-5-12)25-17(14)21-11-20-16/h1-5,10-11,13H,6-9H2,(H3,19,22,24). The number of amides is 2. The van der Waals surface area contributed by atoms with Gasteiger partial charge in [-0.15, -0.1) is 11.3 Å². The van der Waals surface area contributed by atoms with Crippen molar-refractivity contribution in [1.82, 2.24) is 15.3 Å². The molecular weight excluding hydrogens is 334 g/mol. The highest BCUT2D eigenvalue weighted by atomic mass is 32.1. The van der Waals surface area contributed by atoms with Crippen LogP contribution >= 0.6 is 11.3 Å². The molecule has 0 radical (unpaired) electrons. The molecule has 1 aromatic carbocycles. The Kier molecular flexibility index (Phi) is 4.23. The number of nitrogens with two attached hydrogens (primary N) is 1. The highest BCUT2D eigenvalue weighted by Crippen LogP contribution is 2.36. The maximum absolute atomic E-state index is 11.0. The van der Waals surface area contributed by atoms with Gasteiger partial charge in [0.25, 0.3) is 0 Å². The molecule has 25 heavy (non-hydrogen) atoms. The normalized spacial score (nSPS) is 15.4. The number of aromatic nitrogens is 2. The molecule has 1 saturated heterocycles. The van der Waals surface area contributed by atoms with Crippen LogP contribution in [0, 0.1) is 0 Å². The van der Waals surface area contributed by atoms with Crippen LogP contribution < -0.4 is 16.0 Å². The van der Waals surface area contributed by atoms with E-state index in [0.717, 1.165) is 42.0 Å². The number of benzene rings is 1. The van der Waals surface area contributed by atoms with Crippen molar-refractivity contribution in [1.29, 1.82) is 0 Å². The van der Waals surface area contributed by atoms with Crippen molar-refractivity contribution >= 4 is 33.4 Å². The number of carbonyl (C=O) groups excluding carboxylic acids is 1. The van der Waals surface area contributed by atoms with Gasteiger partial charge >= 0.3 is 6.03 Å². The van der Waals surface area contributed by atoms with Gasteiger partial charge in [0.05, 0.1) is 5.39 Å². The van der Waals surface area contributed by atoms with Crippen molar-refractivity contribution < 1.29 is 4.79 Å². The van der Waals surface area contributed by atoms with Gasteiger partial charge in [0.2, 0.25) is 0 Å². The summed E-state index contributed by atoms with van der Waals surface area (Å²) in [6.45, 7) is 1.68. The van der Waals surface area contributed by atoms with E-state index in [2.05, 4.69) is 38.4 Å². The number of carbonyl (C=O) groups is 1. The number of primary amides is 1. The van der Waals surface area contributed by atoms with E-state index < -0.39 is 6.03 Å². The minimum atomic E-state index is -0.451. The summed E-state index contributed by atoms with van der Waals surface area (Å²) < 4.78 is 0. The lowest BCUT2D eigenvalue weighted by atomic mass is 10.0. The van der Waals surface area contributed by atoms with E-state index in [1.54, 1.807) is 17.7 Å². The Morgan fingerprint density at radius 3 is 2.68 bits per heavy atom. The number of urea groups is 1. The van der Waals surface area contributed by atoms with Gasteiger partial charge in [0.1, 0.15) is 17.0 Å². The molecule has 1 aliphatic heterocycles. The second-order valence-corrected chi connectivity index (χ2v) is 7.19. The minimum Gasteiger partial charge on any atom is -0.356 e. The molecule has 0 bridgehead atoms. The number of thiophene rings is 1. The minimum absolute atomic E-state index is 0.147. The number of nitrogens with one attached hydrogen (secondary N) is 1. The Morgan fingerprint density at radius 1 is 1.20 bits per heavy atom. The summed E-state index contributed by atoms with van der Waals surface area (Å²) in [7, 11) is 0. The predicted octanol–water partition coefficient (Wildman–Crippen LogP) is 3.00. The first-order chi connectivity index (χ1) is 12.2. The summed E-state index contributed by atoms with van der Waals surface area (Å²) in [5, 5.41) is 3.89. The van der Waals surface area contributed by atoms with Crippen molar-refractivity contribution in [2.24, 2.45) is 5.73 Å². The number of rotatable bonds is 3. The number of hydrogen-bond donors (Lipinski definition) is 2. The Bertz CT molecular complexity index is 887. The highest BCUT2D eigenvalue weighted by molar-refractivity contribution is 7.21. The van der Waals surface area contributed by atoms with Gasteiger partial charge in [0.15, 0.2) is 0 Å². The number of hydrogen-bond acceptors (Lipinski definition) is 5. The van der Waals surface area contributed by atoms with Gasteiger partial charge < -0.3 is 16.0 Å². The zero-order valence-corrected chi connectivity index (χ0v) is 14.5. The maximum Gasteiger partial charge on any atom is 0.312 e. The molecule has 3 heterocycles. The van der Waals surface area contributed by atoms with Crippen LogP contribution in [0.2, 0.25) is 0 Å². The first-order valence-electron chi connectivity index (χ1n) is 8.31. The second kappa shape index (κ2) is 6.68. The van der Waals surface area contributed by atoms with Gasteiger partial charge in [-0.3, -0.25) is 0 Å². The van der Waals surface area contributed by atoms with Crippen molar-refractivity contribution in [3.8, 4) is 10.4 Å². The zero-order valence-electron chi connectivity index (χ0n) is 13.7. The molecule has 0 atom stereocenters. The summed E-state index contributed by atoms with van der Waals surface area (Å²) in [5.74, 6) is 0.973. The van der Waals surface area contributed by atoms with Crippen LogP contribution in [0.5, 0.6) is 0 Å². The Balaban J connectivity index is 1.60. The first kappa shape index (κ1) is 15.8. The molecule has 2 aromatic heterocycles. The van der Waals surface area contributed by atoms with E-state index in [9.17, 15) is 4.79 Å². The molecule has 0 saturated carbocycles. The van der Waals surface area contributed by atoms with E-state index >= 15 is 0 Å². The quantitative estimate of drug-likeness (QED) is 0.758. The summed E-state index contributed by atoms with van der Waals surface area (Å²) in [4.78, 5) is 24.5. The number of nitrogens with zero attached hydrogens (tertiary/aromatic N) is 3. The van der Waals surface area contributed by atoms with Gasteiger partial charge in [-0.05, 0) is 24.5 Å². The fourth-order valence-electron chi connectivity index (χ4n) is 3.28. The van der Waals surface area contributed by atoms with E-state index in [0.29, 0.717) is 0 Å². The van der Waals surface area contributed by atoms with Gasteiger partial charge in [-0.25, -0.2) is 14.8 Å². The number of piperidine rings is 1. The molecule has 1 aliphatic rings. The predicted molar refractivity (Wildman–Crippen MR) is 101 cm³/mol. The van der Waals surface area contributed by atoms with Crippen LogP contribution in [0.25, 0.3) is 20.7 Å².